The second-order valence-corrected chi connectivity index (χ2v) is 10.5. The van der Waals surface area contributed by atoms with Crippen LogP contribution in [0.25, 0.3) is 17.2 Å². The fourth-order valence-corrected chi connectivity index (χ4v) is 4.89. The molecule has 0 atom stereocenters. The summed E-state index contributed by atoms with van der Waals surface area (Å²) in [5, 5.41) is 8.23. The minimum Gasteiger partial charge on any atom is -0.355 e. The van der Waals surface area contributed by atoms with Gasteiger partial charge in [0.25, 0.3) is 5.56 Å². The molecule has 0 bridgehead atoms. The lowest BCUT2D eigenvalue weighted by Crippen LogP contribution is -2.49. The Balaban J connectivity index is 1.31. The van der Waals surface area contributed by atoms with Crippen molar-refractivity contribution in [1.29, 1.82) is 0 Å². The summed E-state index contributed by atoms with van der Waals surface area (Å²) in [4.78, 5) is 33.6. The van der Waals surface area contributed by atoms with E-state index in [9.17, 15) is 9.59 Å². The largest absolute Gasteiger partial charge is 0.355 e. The number of nitrogens with one attached hydrogen (secondary N) is 2. The van der Waals surface area contributed by atoms with E-state index in [1.54, 1.807) is 0 Å². The van der Waals surface area contributed by atoms with Crippen LogP contribution in [0, 0.1) is 5.41 Å². The van der Waals surface area contributed by atoms with Crippen molar-refractivity contribution in [2.24, 2.45) is 5.41 Å². The summed E-state index contributed by atoms with van der Waals surface area (Å²) < 4.78 is 1.26. The molecule has 35 heavy (non-hydrogen) atoms. The van der Waals surface area contributed by atoms with Gasteiger partial charge in [0, 0.05) is 46.1 Å². The molecule has 2 N–H and O–H groups in total. The second kappa shape index (κ2) is 8.96. The minimum absolute atomic E-state index is 0.0427. The summed E-state index contributed by atoms with van der Waals surface area (Å²) in [6, 6.07) is 18.9. The first-order chi connectivity index (χ1) is 16.8. The number of amides is 1. The zero-order valence-corrected chi connectivity index (χ0v) is 20.6. The molecule has 2 aromatic heterocycles. The molecule has 0 radical (unpaired) electrons. The average Bonchev–Trinajstić information content (AvgIpc) is 3.24. The van der Waals surface area contributed by atoms with Crippen LogP contribution in [0.2, 0.25) is 5.02 Å². The van der Waals surface area contributed by atoms with Gasteiger partial charge in [-0.3, -0.25) is 9.59 Å². The van der Waals surface area contributed by atoms with E-state index in [4.69, 9.17) is 11.6 Å². The summed E-state index contributed by atoms with van der Waals surface area (Å²) in [5.41, 5.74) is 1.63. The number of hydrogen-bond donors (Lipinski definition) is 2. The molecule has 1 aliphatic carbocycles. The Bertz CT molecular complexity index is 1420. The zero-order valence-electron chi connectivity index (χ0n) is 19.8. The smallest absolute Gasteiger partial charge is 0.275 e. The molecular weight excluding hydrogens is 462 g/mol. The van der Waals surface area contributed by atoms with Gasteiger partial charge in [-0.15, -0.1) is 5.10 Å². The number of carbonyl (C=O) groups is 1. The number of nitrogens with zero attached hydrogens (tertiary/aromatic N) is 3. The fraction of sp³-hybridized carbons (Fsp3) is 0.333. The first-order valence-electron chi connectivity index (χ1n) is 11.8. The van der Waals surface area contributed by atoms with Gasteiger partial charge in [-0.25, -0.2) is 0 Å². The van der Waals surface area contributed by atoms with Crippen LogP contribution in [0.3, 0.4) is 0 Å². The molecule has 2 aromatic carbocycles. The fourth-order valence-electron chi connectivity index (χ4n) is 4.76. The molecule has 1 amide bonds. The standard InChI is InChI=1S/C27H28ClN5O2/c1-26(2,24(35)29-17-27(13-6-14-27)19-9-11-20(28)12-10-19)16-21-15-22(34)33-25(30-21)31-23(32-33)18-7-4-3-5-8-18/h3-5,7-12,15H,6,13-14,16-17H2,1-2H3,(H,29,35)(H,30,31,32). The lowest BCUT2D eigenvalue weighted by molar-refractivity contribution is -0.129. The van der Waals surface area contributed by atoms with Crippen LogP contribution in [-0.4, -0.2) is 32.0 Å². The van der Waals surface area contributed by atoms with Gasteiger partial charge in [0.05, 0.1) is 0 Å². The van der Waals surface area contributed by atoms with E-state index < -0.39 is 5.41 Å². The maximum absolute atomic E-state index is 13.2. The molecule has 0 saturated heterocycles. The summed E-state index contributed by atoms with van der Waals surface area (Å²) in [6.07, 6.45) is 3.59. The number of H-pyrrole nitrogens is 1. The third-order valence-electron chi connectivity index (χ3n) is 7.02. The third-order valence-corrected chi connectivity index (χ3v) is 7.27. The molecule has 5 rings (SSSR count). The van der Waals surface area contributed by atoms with Crippen LogP contribution in [0.1, 0.15) is 44.4 Å². The Hall–Kier alpha value is -3.45. The molecule has 1 aliphatic rings. The van der Waals surface area contributed by atoms with Crippen LogP contribution in [0.15, 0.2) is 65.5 Å². The SMILES string of the molecule is CC(C)(Cc1cc(=O)n2nc(-c3ccccc3)nc2[nH]1)C(=O)NCC1(c2ccc(Cl)cc2)CCC1. The van der Waals surface area contributed by atoms with Gasteiger partial charge in [-0.1, -0.05) is 74.3 Å². The van der Waals surface area contributed by atoms with E-state index in [1.165, 1.54) is 16.1 Å². The Morgan fingerprint density at radius 2 is 1.86 bits per heavy atom. The molecule has 4 aromatic rings. The van der Waals surface area contributed by atoms with Crippen molar-refractivity contribution < 1.29 is 4.79 Å². The van der Waals surface area contributed by atoms with E-state index in [1.807, 2.05) is 56.3 Å². The van der Waals surface area contributed by atoms with Crippen molar-refractivity contribution in [2.45, 2.75) is 44.9 Å². The van der Waals surface area contributed by atoms with Crippen molar-refractivity contribution in [2.75, 3.05) is 6.54 Å². The summed E-state index contributed by atoms with van der Waals surface area (Å²) in [5.74, 6) is 0.782. The summed E-state index contributed by atoms with van der Waals surface area (Å²) in [6.45, 7) is 4.36. The highest BCUT2D eigenvalue weighted by Crippen LogP contribution is 2.43. The molecule has 1 fully saturated rings. The zero-order chi connectivity index (χ0) is 24.6. The summed E-state index contributed by atoms with van der Waals surface area (Å²) >= 11 is 6.06. The highest BCUT2D eigenvalue weighted by molar-refractivity contribution is 6.30. The molecular formula is C27H28ClN5O2. The maximum atomic E-state index is 13.2. The van der Waals surface area contributed by atoms with E-state index in [-0.39, 0.29) is 16.9 Å². The Morgan fingerprint density at radius 1 is 1.14 bits per heavy atom. The normalized spacial score (nSPS) is 15.1. The second-order valence-electron chi connectivity index (χ2n) is 10.1. The molecule has 180 valence electrons. The van der Waals surface area contributed by atoms with Gasteiger partial charge in [0.1, 0.15) is 0 Å². The van der Waals surface area contributed by atoms with E-state index in [2.05, 4.69) is 32.5 Å². The van der Waals surface area contributed by atoms with Crippen molar-refractivity contribution in [1.82, 2.24) is 24.9 Å². The number of fused-ring (bicyclic) bond motifs is 1. The predicted molar refractivity (Wildman–Crippen MR) is 137 cm³/mol. The number of hydrogen-bond acceptors (Lipinski definition) is 4. The van der Waals surface area contributed by atoms with Crippen LogP contribution < -0.4 is 10.9 Å². The number of rotatable bonds is 7. The van der Waals surface area contributed by atoms with Crippen molar-refractivity contribution in [3.8, 4) is 11.4 Å². The molecule has 0 unspecified atom stereocenters. The highest BCUT2D eigenvalue weighted by atomic mass is 35.5. The summed E-state index contributed by atoms with van der Waals surface area (Å²) in [7, 11) is 0. The molecule has 0 aliphatic heterocycles. The monoisotopic (exact) mass is 489 g/mol. The number of benzene rings is 2. The Kier molecular flexibility index (Phi) is 5.97. The first-order valence-corrected chi connectivity index (χ1v) is 12.2. The quantitative estimate of drug-likeness (QED) is 0.398. The number of aromatic amines is 1. The Morgan fingerprint density at radius 3 is 2.51 bits per heavy atom. The van der Waals surface area contributed by atoms with E-state index >= 15 is 0 Å². The lowest BCUT2D eigenvalue weighted by atomic mass is 9.64. The molecule has 7 nitrogen and oxygen atoms in total. The lowest BCUT2D eigenvalue weighted by Gasteiger charge is -2.43. The number of carbonyl (C=O) groups excluding carboxylic acids is 1. The first kappa shape index (κ1) is 23.3. The van der Waals surface area contributed by atoms with Crippen LogP contribution in [0.5, 0.6) is 0 Å². The van der Waals surface area contributed by atoms with Crippen LogP contribution in [-0.2, 0) is 16.6 Å². The van der Waals surface area contributed by atoms with Gasteiger partial charge < -0.3 is 10.3 Å². The minimum atomic E-state index is -0.728. The van der Waals surface area contributed by atoms with Crippen molar-refractivity contribution in [3.63, 3.8) is 0 Å². The van der Waals surface area contributed by atoms with Gasteiger partial charge in [-0.2, -0.15) is 9.50 Å². The van der Waals surface area contributed by atoms with Gasteiger partial charge in [-0.05, 0) is 30.5 Å². The van der Waals surface area contributed by atoms with Gasteiger partial charge in [0.15, 0.2) is 5.82 Å². The average molecular weight is 490 g/mol. The van der Waals surface area contributed by atoms with Crippen LogP contribution >= 0.6 is 11.6 Å². The van der Waals surface area contributed by atoms with Crippen molar-refractivity contribution in [3.05, 3.63) is 87.3 Å². The maximum Gasteiger partial charge on any atom is 0.275 e. The number of aromatic nitrogens is 4. The molecule has 0 spiro atoms. The molecule has 2 heterocycles. The Labute approximate surface area is 208 Å². The predicted octanol–water partition coefficient (Wildman–Crippen LogP) is 4.54. The van der Waals surface area contributed by atoms with Crippen LogP contribution in [0.4, 0.5) is 0 Å². The topological polar surface area (TPSA) is 92.2 Å². The molecule has 1 saturated carbocycles. The number of halogens is 1. The third kappa shape index (κ3) is 4.60. The van der Waals surface area contributed by atoms with Gasteiger partial charge in [0.2, 0.25) is 11.7 Å². The van der Waals surface area contributed by atoms with E-state index in [0.29, 0.717) is 35.3 Å². The molecule has 8 heteroatoms. The van der Waals surface area contributed by atoms with Gasteiger partial charge >= 0.3 is 0 Å². The van der Waals surface area contributed by atoms with Crippen molar-refractivity contribution >= 4 is 23.3 Å². The van der Waals surface area contributed by atoms with E-state index in [0.717, 1.165) is 24.8 Å². The highest BCUT2D eigenvalue weighted by Gasteiger charge is 2.40.